The molecule has 0 amide bonds. The minimum absolute atomic E-state index is 0.0640. The first kappa shape index (κ1) is 15.2. The van der Waals surface area contributed by atoms with Gasteiger partial charge in [-0.25, -0.2) is 8.42 Å². The lowest BCUT2D eigenvalue weighted by molar-refractivity contribution is 0.562. The highest BCUT2D eigenvalue weighted by atomic mass is 32.2. The van der Waals surface area contributed by atoms with Crippen LogP contribution < -0.4 is 5.32 Å². The Morgan fingerprint density at radius 3 is 2.57 bits per heavy atom. The van der Waals surface area contributed by atoms with Crippen molar-refractivity contribution in [1.82, 2.24) is 0 Å². The van der Waals surface area contributed by atoms with Gasteiger partial charge in [0.1, 0.15) is 0 Å². The molecule has 0 spiro atoms. The average Bonchev–Trinajstić information content (AvgIpc) is 2.93. The third kappa shape index (κ3) is 4.16. The molecule has 1 heterocycles. The molecule has 1 saturated carbocycles. The standard InChI is InChI=1S/C16H23NO2S2/c18-21(19)11-5-6-13(12-21)17-15-9-3-4-10-16(15)20-14-7-1-2-8-14/h3-4,9-10,13-14,17H,1-2,5-8,11-12H2. The molecule has 5 heteroatoms. The van der Waals surface area contributed by atoms with Gasteiger partial charge >= 0.3 is 0 Å². The van der Waals surface area contributed by atoms with Crippen molar-refractivity contribution in [2.45, 2.75) is 54.7 Å². The highest BCUT2D eigenvalue weighted by molar-refractivity contribution is 8.00. The SMILES string of the molecule is O=S1(=O)CCCC(Nc2ccccc2SC2CCCC2)C1. The van der Waals surface area contributed by atoms with E-state index in [1.54, 1.807) is 0 Å². The Hall–Kier alpha value is -0.680. The van der Waals surface area contributed by atoms with Gasteiger partial charge in [0.05, 0.1) is 11.5 Å². The second kappa shape index (κ2) is 6.61. The van der Waals surface area contributed by atoms with Crippen LogP contribution in [0.15, 0.2) is 29.2 Å². The topological polar surface area (TPSA) is 46.2 Å². The summed E-state index contributed by atoms with van der Waals surface area (Å²) < 4.78 is 23.5. The summed E-state index contributed by atoms with van der Waals surface area (Å²) in [5.41, 5.74) is 1.11. The molecule has 0 radical (unpaired) electrons. The van der Waals surface area contributed by atoms with E-state index in [1.165, 1.54) is 30.6 Å². The van der Waals surface area contributed by atoms with Crippen LogP contribution in [0.25, 0.3) is 0 Å². The van der Waals surface area contributed by atoms with Crippen LogP contribution in [0.3, 0.4) is 0 Å². The number of rotatable bonds is 4. The zero-order chi connectivity index (χ0) is 14.7. The normalized spacial score (nSPS) is 25.8. The predicted molar refractivity (Wildman–Crippen MR) is 89.9 cm³/mol. The van der Waals surface area contributed by atoms with Gasteiger partial charge in [0, 0.05) is 21.9 Å². The molecule has 1 atom stereocenters. The molecule has 3 nitrogen and oxygen atoms in total. The monoisotopic (exact) mass is 325 g/mol. The molecule has 0 bridgehead atoms. The second-order valence-electron chi connectivity index (χ2n) is 6.12. The first-order valence-electron chi connectivity index (χ1n) is 7.85. The van der Waals surface area contributed by atoms with Crippen LogP contribution in [0.1, 0.15) is 38.5 Å². The number of benzene rings is 1. The minimum Gasteiger partial charge on any atom is -0.380 e. The van der Waals surface area contributed by atoms with Crippen molar-refractivity contribution in [2.75, 3.05) is 16.8 Å². The molecule has 1 aliphatic carbocycles. The molecule has 1 aromatic rings. The first-order chi connectivity index (χ1) is 10.1. The van der Waals surface area contributed by atoms with Crippen molar-refractivity contribution < 1.29 is 8.42 Å². The highest BCUT2D eigenvalue weighted by Crippen LogP contribution is 2.38. The van der Waals surface area contributed by atoms with E-state index in [0.717, 1.165) is 23.8 Å². The molecule has 1 aliphatic heterocycles. The Balaban J connectivity index is 1.69. The molecule has 2 aliphatic rings. The molecule has 21 heavy (non-hydrogen) atoms. The Morgan fingerprint density at radius 2 is 1.81 bits per heavy atom. The molecule has 116 valence electrons. The van der Waals surface area contributed by atoms with E-state index >= 15 is 0 Å². The van der Waals surface area contributed by atoms with Gasteiger partial charge in [-0.3, -0.25) is 0 Å². The van der Waals surface area contributed by atoms with Crippen molar-refractivity contribution >= 4 is 27.3 Å². The maximum atomic E-state index is 11.8. The fourth-order valence-corrected chi connectivity index (χ4v) is 6.21. The quantitative estimate of drug-likeness (QED) is 0.916. The number of anilines is 1. The Morgan fingerprint density at radius 1 is 1.05 bits per heavy atom. The van der Waals surface area contributed by atoms with Crippen LogP contribution in [0, 0.1) is 0 Å². The van der Waals surface area contributed by atoms with Gasteiger partial charge in [0.2, 0.25) is 0 Å². The summed E-state index contributed by atoms with van der Waals surface area (Å²) in [6.07, 6.45) is 7.01. The van der Waals surface area contributed by atoms with Crippen molar-refractivity contribution in [1.29, 1.82) is 0 Å². The lowest BCUT2D eigenvalue weighted by atomic mass is 10.1. The molecule has 1 N–H and O–H groups in total. The maximum absolute atomic E-state index is 11.8. The van der Waals surface area contributed by atoms with Crippen molar-refractivity contribution in [3.05, 3.63) is 24.3 Å². The number of hydrogen-bond acceptors (Lipinski definition) is 4. The van der Waals surface area contributed by atoms with Crippen LogP contribution in [0.5, 0.6) is 0 Å². The summed E-state index contributed by atoms with van der Waals surface area (Å²) in [7, 11) is -2.86. The number of thioether (sulfide) groups is 1. The van der Waals surface area contributed by atoms with Gasteiger partial charge in [-0.05, 0) is 37.8 Å². The smallest absolute Gasteiger partial charge is 0.152 e. The molecule has 1 saturated heterocycles. The summed E-state index contributed by atoms with van der Waals surface area (Å²) >= 11 is 1.95. The largest absolute Gasteiger partial charge is 0.380 e. The fourth-order valence-electron chi connectivity index (χ4n) is 3.23. The Labute approximate surface area is 131 Å². The zero-order valence-corrected chi connectivity index (χ0v) is 13.9. The van der Waals surface area contributed by atoms with Crippen LogP contribution in [0.2, 0.25) is 0 Å². The predicted octanol–water partition coefficient (Wildman–Crippen LogP) is 3.71. The van der Waals surface area contributed by atoms with E-state index in [2.05, 4.69) is 23.5 Å². The molecule has 1 aromatic carbocycles. The third-order valence-electron chi connectivity index (χ3n) is 4.31. The van der Waals surface area contributed by atoms with Crippen molar-refractivity contribution in [3.8, 4) is 0 Å². The molecule has 1 unspecified atom stereocenters. The fraction of sp³-hybridized carbons (Fsp3) is 0.625. The highest BCUT2D eigenvalue weighted by Gasteiger charge is 2.25. The number of sulfone groups is 1. The van der Waals surface area contributed by atoms with Crippen LogP contribution in [-0.4, -0.2) is 31.2 Å². The van der Waals surface area contributed by atoms with E-state index in [4.69, 9.17) is 0 Å². The second-order valence-corrected chi connectivity index (χ2v) is 9.69. The van der Waals surface area contributed by atoms with Gasteiger partial charge in [-0.2, -0.15) is 0 Å². The summed E-state index contributed by atoms with van der Waals surface area (Å²) in [5.74, 6) is 0.624. The maximum Gasteiger partial charge on any atom is 0.152 e. The minimum atomic E-state index is -2.86. The van der Waals surface area contributed by atoms with E-state index in [-0.39, 0.29) is 11.8 Å². The summed E-state index contributed by atoms with van der Waals surface area (Å²) in [5, 5.41) is 4.20. The molecule has 2 fully saturated rings. The van der Waals surface area contributed by atoms with E-state index < -0.39 is 9.84 Å². The van der Waals surface area contributed by atoms with Gasteiger partial charge < -0.3 is 5.32 Å². The van der Waals surface area contributed by atoms with Crippen molar-refractivity contribution in [2.24, 2.45) is 0 Å². The average molecular weight is 325 g/mol. The molecular formula is C16H23NO2S2. The first-order valence-corrected chi connectivity index (χ1v) is 10.6. The van der Waals surface area contributed by atoms with Crippen LogP contribution in [0.4, 0.5) is 5.69 Å². The van der Waals surface area contributed by atoms with Crippen LogP contribution >= 0.6 is 11.8 Å². The summed E-state index contributed by atoms with van der Waals surface area (Å²) in [6, 6.07) is 8.40. The number of para-hydroxylation sites is 1. The molecule has 0 aromatic heterocycles. The van der Waals surface area contributed by atoms with Gasteiger partial charge in [-0.15, -0.1) is 11.8 Å². The van der Waals surface area contributed by atoms with E-state index in [1.807, 2.05) is 17.8 Å². The molecule has 3 rings (SSSR count). The Bertz CT molecular complexity index is 580. The van der Waals surface area contributed by atoms with E-state index in [9.17, 15) is 8.42 Å². The summed E-state index contributed by atoms with van der Waals surface area (Å²) in [4.78, 5) is 1.27. The van der Waals surface area contributed by atoms with Gasteiger partial charge in [0.25, 0.3) is 0 Å². The van der Waals surface area contributed by atoms with Crippen LogP contribution in [-0.2, 0) is 9.84 Å². The zero-order valence-electron chi connectivity index (χ0n) is 12.3. The van der Waals surface area contributed by atoms with Crippen molar-refractivity contribution in [3.63, 3.8) is 0 Å². The number of hydrogen-bond donors (Lipinski definition) is 1. The molecular weight excluding hydrogens is 302 g/mol. The third-order valence-corrected chi connectivity index (χ3v) is 7.54. The van der Waals surface area contributed by atoms with E-state index in [0.29, 0.717) is 5.75 Å². The lowest BCUT2D eigenvalue weighted by Crippen LogP contribution is -2.34. The van der Waals surface area contributed by atoms with Gasteiger partial charge in [-0.1, -0.05) is 25.0 Å². The van der Waals surface area contributed by atoms with Gasteiger partial charge in [0.15, 0.2) is 9.84 Å². The summed E-state index contributed by atoms with van der Waals surface area (Å²) in [6.45, 7) is 0. The number of nitrogens with one attached hydrogen (secondary N) is 1. The lowest BCUT2D eigenvalue weighted by Gasteiger charge is -2.25. The Kier molecular flexibility index (Phi) is 4.79.